The maximum absolute atomic E-state index is 11.8. The van der Waals surface area contributed by atoms with Crippen LogP contribution in [0.4, 0.5) is 5.69 Å². The summed E-state index contributed by atoms with van der Waals surface area (Å²) in [6.45, 7) is 2.41. The second kappa shape index (κ2) is 7.10. The predicted molar refractivity (Wildman–Crippen MR) is 74.3 cm³/mol. The van der Waals surface area contributed by atoms with Crippen molar-refractivity contribution in [3.05, 3.63) is 24.0 Å². The van der Waals surface area contributed by atoms with Crippen LogP contribution in [0.3, 0.4) is 0 Å². The summed E-state index contributed by atoms with van der Waals surface area (Å²) < 4.78 is 11.2. The van der Waals surface area contributed by atoms with Crippen LogP contribution >= 0.6 is 0 Å². The van der Waals surface area contributed by atoms with E-state index in [9.17, 15) is 9.00 Å². The summed E-state index contributed by atoms with van der Waals surface area (Å²) in [5, 5.41) is 5.81. The number of carbonyl (C=O) groups excluding carboxylic acids is 1. The Hall–Kier alpha value is -1.43. The van der Waals surface area contributed by atoms with Crippen LogP contribution < -0.4 is 10.6 Å². The van der Waals surface area contributed by atoms with Gasteiger partial charge < -0.3 is 10.6 Å². The standard InChI is InChI=1S/C12H19N3O2S/c1-9(18(3)17)4-6-15-12(16)11-8-10(13-2)5-7-14-11/h5,7-9H,4,6H2,1-3H3,(H,13,14)(H,15,16). The number of amides is 1. The average molecular weight is 269 g/mol. The summed E-state index contributed by atoms with van der Waals surface area (Å²) in [5.74, 6) is -0.207. The Kier molecular flexibility index (Phi) is 5.77. The van der Waals surface area contributed by atoms with Crippen LogP contribution in [0.25, 0.3) is 0 Å². The van der Waals surface area contributed by atoms with Gasteiger partial charge in [0.1, 0.15) is 5.69 Å². The van der Waals surface area contributed by atoms with Gasteiger partial charge in [0.15, 0.2) is 0 Å². The molecule has 18 heavy (non-hydrogen) atoms. The number of pyridine rings is 1. The number of nitrogens with zero attached hydrogens (tertiary/aromatic N) is 1. The minimum absolute atomic E-state index is 0.0851. The van der Waals surface area contributed by atoms with E-state index < -0.39 is 10.8 Å². The number of hydrogen-bond acceptors (Lipinski definition) is 4. The molecule has 0 spiro atoms. The van der Waals surface area contributed by atoms with Crippen LogP contribution in [-0.4, -0.2) is 40.2 Å². The van der Waals surface area contributed by atoms with Crippen LogP contribution in [-0.2, 0) is 10.8 Å². The first-order valence-corrected chi connectivity index (χ1v) is 7.41. The molecule has 0 aliphatic heterocycles. The molecule has 100 valence electrons. The van der Waals surface area contributed by atoms with E-state index in [-0.39, 0.29) is 11.2 Å². The van der Waals surface area contributed by atoms with Crippen LogP contribution in [0.15, 0.2) is 18.3 Å². The third-order valence-electron chi connectivity index (χ3n) is 2.68. The summed E-state index contributed by atoms with van der Waals surface area (Å²) in [4.78, 5) is 15.8. The number of hydrogen-bond donors (Lipinski definition) is 2. The van der Waals surface area contributed by atoms with Gasteiger partial charge >= 0.3 is 0 Å². The highest BCUT2D eigenvalue weighted by molar-refractivity contribution is 7.84. The van der Waals surface area contributed by atoms with Crippen LogP contribution in [0.1, 0.15) is 23.8 Å². The molecular weight excluding hydrogens is 250 g/mol. The van der Waals surface area contributed by atoms with E-state index in [1.165, 1.54) is 0 Å². The van der Waals surface area contributed by atoms with Crippen molar-refractivity contribution in [3.8, 4) is 0 Å². The number of anilines is 1. The fraction of sp³-hybridized carbons (Fsp3) is 0.500. The summed E-state index contributed by atoms with van der Waals surface area (Å²) in [6.07, 6.45) is 3.95. The Balaban J connectivity index is 2.47. The Morgan fingerprint density at radius 2 is 2.28 bits per heavy atom. The Labute approximate surface area is 110 Å². The van der Waals surface area contributed by atoms with Gasteiger partial charge in [-0.1, -0.05) is 6.92 Å². The van der Waals surface area contributed by atoms with E-state index in [1.807, 2.05) is 6.92 Å². The molecule has 1 heterocycles. The fourth-order valence-electron chi connectivity index (χ4n) is 1.36. The minimum atomic E-state index is -0.852. The molecule has 1 aromatic heterocycles. The lowest BCUT2D eigenvalue weighted by atomic mass is 10.3. The van der Waals surface area contributed by atoms with Crippen molar-refractivity contribution in [2.24, 2.45) is 0 Å². The zero-order valence-corrected chi connectivity index (χ0v) is 11.7. The highest BCUT2D eigenvalue weighted by Gasteiger charge is 2.09. The first kappa shape index (κ1) is 14.6. The molecule has 0 saturated carbocycles. The van der Waals surface area contributed by atoms with E-state index in [0.717, 1.165) is 5.69 Å². The molecule has 0 bridgehead atoms. The van der Waals surface area contributed by atoms with Gasteiger partial charge in [0, 0.05) is 47.8 Å². The van der Waals surface area contributed by atoms with Crippen molar-refractivity contribution in [2.75, 3.05) is 25.2 Å². The summed E-state index contributed by atoms with van der Waals surface area (Å²) in [7, 11) is 0.935. The van der Waals surface area contributed by atoms with E-state index in [0.29, 0.717) is 18.7 Å². The largest absolute Gasteiger partial charge is 0.388 e. The van der Waals surface area contributed by atoms with Gasteiger partial charge in [-0.25, -0.2) is 0 Å². The van der Waals surface area contributed by atoms with Gasteiger partial charge in [-0.2, -0.15) is 0 Å². The molecule has 1 aromatic rings. The Morgan fingerprint density at radius 1 is 1.56 bits per heavy atom. The smallest absolute Gasteiger partial charge is 0.269 e. The van der Waals surface area contributed by atoms with E-state index >= 15 is 0 Å². The lowest BCUT2D eigenvalue weighted by molar-refractivity contribution is 0.0948. The number of carbonyl (C=O) groups is 1. The molecule has 2 atom stereocenters. The van der Waals surface area contributed by atoms with Crippen molar-refractivity contribution in [2.45, 2.75) is 18.6 Å². The molecule has 1 amide bonds. The maximum atomic E-state index is 11.8. The summed E-state index contributed by atoms with van der Waals surface area (Å²) >= 11 is 0. The summed E-state index contributed by atoms with van der Waals surface area (Å²) in [5.41, 5.74) is 1.23. The van der Waals surface area contributed by atoms with Crippen LogP contribution in [0.2, 0.25) is 0 Å². The SMILES string of the molecule is CNc1ccnc(C(=O)NCCC(C)S(C)=O)c1. The van der Waals surface area contributed by atoms with Gasteiger partial charge in [0.2, 0.25) is 0 Å². The number of nitrogens with one attached hydrogen (secondary N) is 2. The zero-order chi connectivity index (χ0) is 13.5. The molecule has 0 radical (unpaired) electrons. The van der Waals surface area contributed by atoms with Crippen LogP contribution in [0.5, 0.6) is 0 Å². The predicted octanol–water partition coefficient (Wildman–Crippen LogP) is 1.01. The highest BCUT2D eigenvalue weighted by atomic mass is 32.2. The molecule has 1 rings (SSSR count). The maximum Gasteiger partial charge on any atom is 0.269 e. The molecule has 5 nitrogen and oxygen atoms in total. The molecule has 0 saturated heterocycles. The summed E-state index contributed by atoms with van der Waals surface area (Å²) in [6, 6.07) is 3.48. The number of rotatable bonds is 6. The third-order valence-corrected chi connectivity index (χ3v) is 4.05. The first-order valence-electron chi connectivity index (χ1n) is 5.79. The molecule has 2 N–H and O–H groups in total. The first-order chi connectivity index (χ1) is 8.54. The monoisotopic (exact) mass is 269 g/mol. The van der Waals surface area contributed by atoms with Gasteiger partial charge in [-0.3, -0.25) is 14.0 Å². The topological polar surface area (TPSA) is 71.1 Å². The van der Waals surface area contributed by atoms with Gasteiger partial charge in [-0.15, -0.1) is 0 Å². The normalized spacial score (nSPS) is 13.7. The molecule has 0 aliphatic rings. The second-order valence-electron chi connectivity index (χ2n) is 4.03. The van der Waals surface area contributed by atoms with E-state index in [1.54, 1.807) is 31.6 Å². The molecule has 0 fully saturated rings. The van der Waals surface area contributed by atoms with Gasteiger partial charge in [-0.05, 0) is 18.6 Å². The quantitative estimate of drug-likeness (QED) is 0.808. The average Bonchev–Trinajstić information content (AvgIpc) is 2.38. The molecule has 0 aromatic carbocycles. The number of aromatic nitrogens is 1. The highest BCUT2D eigenvalue weighted by Crippen LogP contribution is 2.06. The van der Waals surface area contributed by atoms with Crippen molar-refractivity contribution < 1.29 is 9.00 Å². The third kappa shape index (κ3) is 4.44. The van der Waals surface area contributed by atoms with Crippen molar-refractivity contribution in [1.82, 2.24) is 10.3 Å². The van der Waals surface area contributed by atoms with E-state index in [2.05, 4.69) is 15.6 Å². The molecule has 2 unspecified atom stereocenters. The molecule has 0 aliphatic carbocycles. The lowest BCUT2D eigenvalue weighted by Gasteiger charge is -2.09. The molecule has 6 heteroatoms. The van der Waals surface area contributed by atoms with Crippen molar-refractivity contribution >= 4 is 22.4 Å². The van der Waals surface area contributed by atoms with Crippen molar-refractivity contribution in [1.29, 1.82) is 0 Å². The van der Waals surface area contributed by atoms with Gasteiger partial charge in [0.25, 0.3) is 5.91 Å². The zero-order valence-electron chi connectivity index (χ0n) is 10.9. The Bertz CT molecular complexity index is 437. The van der Waals surface area contributed by atoms with Gasteiger partial charge in [0.05, 0.1) is 0 Å². The molecular formula is C12H19N3O2S. The minimum Gasteiger partial charge on any atom is -0.388 e. The lowest BCUT2D eigenvalue weighted by Crippen LogP contribution is -2.28. The fourth-order valence-corrected chi connectivity index (χ4v) is 1.81. The second-order valence-corrected chi connectivity index (χ2v) is 5.84. The van der Waals surface area contributed by atoms with E-state index in [4.69, 9.17) is 0 Å². The van der Waals surface area contributed by atoms with Crippen LogP contribution in [0, 0.1) is 0 Å². The van der Waals surface area contributed by atoms with Crippen molar-refractivity contribution in [3.63, 3.8) is 0 Å². The Morgan fingerprint density at radius 3 is 2.89 bits per heavy atom.